The van der Waals surface area contributed by atoms with Crippen LogP contribution in [0.4, 0.5) is 4.79 Å². The first kappa shape index (κ1) is 20.9. The van der Waals surface area contributed by atoms with Gasteiger partial charge in [-0.2, -0.15) is 0 Å². The first-order valence-corrected chi connectivity index (χ1v) is 9.91. The molecule has 1 aliphatic rings. The van der Waals surface area contributed by atoms with Gasteiger partial charge >= 0.3 is 6.09 Å². The second-order valence-electron chi connectivity index (χ2n) is 7.55. The highest BCUT2D eigenvalue weighted by Crippen LogP contribution is 2.31. The summed E-state index contributed by atoms with van der Waals surface area (Å²) in [5.41, 5.74) is 1.86. The summed E-state index contributed by atoms with van der Waals surface area (Å²) in [7, 11) is 0. The Kier molecular flexibility index (Phi) is 6.54. The zero-order chi connectivity index (χ0) is 21.0. The highest BCUT2D eigenvalue weighted by atomic mass is 16.6. The van der Waals surface area contributed by atoms with Crippen molar-refractivity contribution in [3.8, 4) is 0 Å². The van der Waals surface area contributed by atoms with Crippen LogP contribution in [-0.2, 0) is 16.1 Å². The molecule has 0 saturated carbocycles. The maximum absolute atomic E-state index is 13.1. The number of ether oxygens (including phenoxy) is 1. The predicted octanol–water partition coefficient (Wildman–Crippen LogP) is 3.57. The topological polar surface area (TPSA) is 70.1 Å². The number of amides is 2. The Labute approximate surface area is 171 Å². The molecular formula is C23H28N2O4. The molecule has 154 valence electrons. The summed E-state index contributed by atoms with van der Waals surface area (Å²) >= 11 is 0. The van der Waals surface area contributed by atoms with Crippen LogP contribution in [0.1, 0.15) is 37.9 Å². The van der Waals surface area contributed by atoms with E-state index in [4.69, 9.17) is 4.74 Å². The van der Waals surface area contributed by atoms with Crippen molar-refractivity contribution in [2.24, 2.45) is 5.92 Å². The number of hydrogen-bond acceptors (Lipinski definition) is 4. The molecule has 0 radical (unpaired) electrons. The second kappa shape index (κ2) is 9.09. The van der Waals surface area contributed by atoms with Crippen LogP contribution in [-0.4, -0.2) is 45.7 Å². The number of nitrogens with zero attached hydrogens (tertiary/aromatic N) is 2. The lowest BCUT2D eigenvalue weighted by molar-refractivity contribution is -0.155. The first-order valence-electron chi connectivity index (χ1n) is 9.91. The van der Waals surface area contributed by atoms with Crippen LogP contribution in [0, 0.1) is 5.92 Å². The van der Waals surface area contributed by atoms with Crippen LogP contribution in [0.5, 0.6) is 0 Å². The first-order chi connectivity index (χ1) is 13.9. The molecule has 6 heteroatoms. The fraction of sp³-hybridized carbons (Fsp3) is 0.391. The Morgan fingerprint density at radius 2 is 1.69 bits per heavy atom. The van der Waals surface area contributed by atoms with E-state index in [1.54, 1.807) is 18.7 Å². The van der Waals surface area contributed by atoms with Crippen molar-refractivity contribution in [1.29, 1.82) is 0 Å². The molecular weight excluding hydrogens is 368 g/mol. The Morgan fingerprint density at radius 1 is 1.10 bits per heavy atom. The van der Waals surface area contributed by atoms with Gasteiger partial charge in [0.1, 0.15) is 6.61 Å². The minimum atomic E-state index is -0.882. The minimum Gasteiger partial charge on any atom is -0.444 e. The Bertz CT molecular complexity index is 825. The average Bonchev–Trinajstić information content (AvgIpc) is 2.73. The number of aliphatic hydroxyl groups excluding tert-OH is 1. The van der Waals surface area contributed by atoms with Gasteiger partial charge in [-0.05, 0) is 31.9 Å². The van der Waals surface area contributed by atoms with Gasteiger partial charge in [-0.15, -0.1) is 0 Å². The van der Waals surface area contributed by atoms with E-state index in [2.05, 4.69) is 0 Å². The molecule has 4 atom stereocenters. The zero-order valence-electron chi connectivity index (χ0n) is 17.1. The van der Waals surface area contributed by atoms with Crippen molar-refractivity contribution in [2.45, 2.75) is 45.6 Å². The van der Waals surface area contributed by atoms with E-state index in [0.717, 1.165) is 11.1 Å². The summed E-state index contributed by atoms with van der Waals surface area (Å²) in [6.45, 7) is 5.57. The molecule has 1 fully saturated rings. The Morgan fingerprint density at radius 3 is 2.28 bits per heavy atom. The van der Waals surface area contributed by atoms with Crippen LogP contribution in [0.2, 0.25) is 0 Å². The molecule has 1 saturated heterocycles. The van der Waals surface area contributed by atoms with Crippen LogP contribution in [0.25, 0.3) is 0 Å². The van der Waals surface area contributed by atoms with Crippen LogP contribution < -0.4 is 0 Å². The molecule has 1 N–H and O–H groups in total. The minimum absolute atomic E-state index is 0.118. The van der Waals surface area contributed by atoms with Gasteiger partial charge in [0.05, 0.1) is 24.7 Å². The van der Waals surface area contributed by atoms with E-state index in [-0.39, 0.29) is 25.2 Å². The average molecular weight is 396 g/mol. The van der Waals surface area contributed by atoms with Crippen molar-refractivity contribution in [3.63, 3.8) is 0 Å². The third-order valence-corrected chi connectivity index (χ3v) is 5.59. The lowest BCUT2D eigenvalue weighted by Crippen LogP contribution is -2.62. The van der Waals surface area contributed by atoms with Crippen LogP contribution in [0.3, 0.4) is 0 Å². The number of benzene rings is 2. The number of carbonyl (C=O) groups is 2. The van der Waals surface area contributed by atoms with Crippen molar-refractivity contribution in [3.05, 3.63) is 71.8 Å². The molecule has 29 heavy (non-hydrogen) atoms. The van der Waals surface area contributed by atoms with E-state index in [0.29, 0.717) is 0 Å². The van der Waals surface area contributed by atoms with Crippen LogP contribution >= 0.6 is 0 Å². The third-order valence-electron chi connectivity index (χ3n) is 5.59. The van der Waals surface area contributed by atoms with E-state index in [1.165, 1.54) is 4.90 Å². The number of rotatable bonds is 5. The SMILES string of the molecule is C[C@H](O)[C@H]1C(=O)N([C@@H](C)c2ccccc2)CN(C(=O)OCc2ccccc2)[C@@H]1C. The zero-order valence-corrected chi connectivity index (χ0v) is 17.1. The quantitative estimate of drug-likeness (QED) is 0.839. The van der Waals surface area contributed by atoms with Gasteiger partial charge in [-0.25, -0.2) is 4.79 Å². The van der Waals surface area contributed by atoms with E-state index >= 15 is 0 Å². The highest BCUT2D eigenvalue weighted by molar-refractivity contribution is 5.83. The van der Waals surface area contributed by atoms with Gasteiger partial charge in [0, 0.05) is 6.04 Å². The molecule has 2 amide bonds. The largest absolute Gasteiger partial charge is 0.444 e. The van der Waals surface area contributed by atoms with Crippen molar-refractivity contribution < 1.29 is 19.4 Å². The normalized spacial score (nSPS) is 21.6. The summed E-state index contributed by atoms with van der Waals surface area (Å²) in [5.74, 6) is -0.866. The summed E-state index contributed by atoms with van der Waals surface area (Å²) in [6, 6.07) is 18.4. The monoisotopic (exact) mass is 396 g/mol. The summed E-state index contributed by atoms with van der Waals surface area (Å²) in [5, 5.41) is 10.3. The number of hydrogen-bond donors (Lipinski definition) is 1. The van der Waals surface area contributed by atoms with Gasteiger partial charge in [0.25, 0.3) is 0 Å². The van der Waals surface area contributed by atoms with Gasteiger partial charge in [0.15, 0.2) is 0 Å². The Balaban J connectivity index is 1.80. The van der Waals surface area contributed by atoms with Gasteiger partial charge < -0.3 is 14.7 Å². The van der Waals surface area contributed by atoms with Gasteiger partial charge in [0.2, 0.25) is 5.91 Å². The molecule has 0 aromatic heterocycles. The lowest BCUT2D eigenvalue weighted by atomic mass is 9.90. The highest BCUT2D eigenvalue weighted by Gasteiger charge is 2.45. The lowest BCUT2D eigenvalue weighted by Gasteiger charge is -2.46. The molecule has 6 nitrogen and oxygen atoms in total. The Hall–Kier alpha value is -2.86. The molecule has 0 aliphatic carbocycles. The molecule has 0 unspecified atom stereocenters. The molecule has 0 bridgehead atoms. The van der Waals surface area contributed by atoms with E-state index < -0.39 is 24.2 Å². The standard InChI is InChI=1S/C23H28N2O4/c1-16(20-12-8-5-9-13-20)24-15-25(17(2)21(18(3)26)22(24)27)23(28)29-14-19-10-6-4-7-11-19/h4-13,16-18,21,26H,14-15H2,1-3H3/t16-,17+,18-,21-/m0/s1. The molecule has 0 spiro atoms. The number of aliphatic hydroxyl groups is 1. The van der Waals surface area contributed by atoms with Gasteiger partial charge in [-0.1, -0.05) is 60.7 Å². The maximum Gasteiger partial charge on any atom is 0.411 e. The molecule has 2 aromatic carbocycles. The second-order valence-corrected chi connectivity index (χ2v) is 7.55. The molecule has 3 rings (SSSR count). The molecule has 1 aliphatic heterocycles. The van der Waals surface area contributed by atoms with Crippen molar-refractivity contribution in [2.75, 3.05) is 6.67 Å². The summed E-state index contributed by atoms with van der Waals surface area (Å²) < 4.78 is 5.50. The smallest absolute Gasteiger partial charge is 0.411 e. The molecule has 1 heterocycles. The maximum atomic E-state index is 13.1. The number of carbonyl (C=O) groups excluding carboxylic acids is 2. The fourth-order valence-corrected chi connectivity index (χ4v) is 3.81. The van der Waals surface area contributed by atoms with Gasteiger partial charge in [-0.3, -0.25) is 9.69 Å². The third kappa shape index (κ3) is 4.59. The van der Waals surface area contributed by atoms with Crippen molar-refractivity contribution in [1.82, 2.24) is 9.80 Å². The van der Waals surface area contributed by atoms with E-state index in [9.17, 15) is 14.7 Å². The van der Waals surface area contributed by atoms with Crippen LogP contribution in [0.15, 0.2) is 60.7 Å². The fourth-order valence-electron chi connectivity index (χ4n) is 3.81. The van der Waals surface area contributed by atoms with Crippen molar-refractivity contribution >= 4 is 12.0 Å². The van der Waals surface area contributed by atoms with E-state index in [1.807, 2.05) is 67.6 Å². The molecule has 2 aromatic rings. The summed E-state index contributed by atoms with van der Waals surface area (Å²) in [4.78, 5) is 29.1. The summed E-state index contributed by atoms with van der Waals surface area (Å²) in [6.07, 6.45) is -1.38. The predicted molar refractivity (Wildman–Crippen MR) is 110 cm³/mol.